The molecule has 0 spiro atoms. The van der Waals surface area contributed by atoms with Crippen LogP contribution in [0.4, 0.5) is 11.5 Å². The van der Waals surface area contributed by atoms with Crippen molar-refractivity contribution in [3.63, 3.8) is 0 Å². The van der Waals surface area contributed by atoms with E-state index < -0.39 is 16.9 Å². The van der Waals surface area contributed by atoms with Crippen LogP contribution in [0.25, 0.3) is 0 Å². The number of hydrogen-bond acceptors (Lipinski definition) is 5. The van der Waals surface area contributed by atoms with Crippen LogP contribution >= 0.6 is 11.6 Å². The molecule has 0 fully saturated rings. The highest BCUT2D eigenvalue weighted by atomic mass is 35.5. The van der Waals surface area contributed by atoms with Crippen molar-refractivity contribution < 1.29 is 9.72 Å². The zero-order chi connectivity index (χ0) is 14.7. The SMILES string of the molecule is C[C@@H](C(=O)Nc1ccc(Cl)cn1)n1cc([N+](=O)[O-])cn1. The molecule has 2 rings (SSSR count). The smallest absolute Gasteiger partial charge is 0.307 e. The fourth-order valence-electron chi connectivity index (χ4n) is 1.43. The molecule has 0 unspecified atom stereocenters. The number of aromatic nitrogens is 3. The van der Waals surface area contributed by atoms with Gasteiger partial charge in [-0.3, -0.25) is 19.6 Å². The maximum atomic E-state index is 12.0. The minimum atomic E-state index is -0.707. The molecule has 1 atom stereocenters. The minimum absolute atomic E-state index is 0.172. The molecule has 9 heteroatoms. The molecule has 0 aliphatic carbocycles. The van der Waals surface area contributed by atoms with Gasteiger partial charge in [-0.05, 0) is 19.1 Å². The van der Waals surface area contributed by atoms with E-state index in [1.807, 2.05) is 0 Å². The largest absolute Gasteiger partial charge is 0.309 e. The third-order valence-electron chi connectivity index (χ3n) is 2.55. The van der Waals surface area contributed by atoms with E-state index in [0.717, 1.165) is 6.20 Å². The molecule has 2 aromatic heterocycles. The lowest BCUT2D eigenvalue weighted by Gasteiger charge is -2.11. The highest BCUT2D eigenvalue weighted by Crippen LogP contribution is 2.15. The number of carbonyl (C=O) groups excluding carboxylic acids is 1. The van der Waals surface area contributed by atoms with Crippen LogP contribution in [0, 0.1) is 10.1 Å². The van der Waals surface area contributed by atoms with Crippen LogP contribution in [-0.2, 0) is 4.79 Å². The van der Waals surface area contributed by atoms with Crippen LogP contribution in [0.15, 0.2) is 30.7 Å². The summed E-state index contributed by atoms with van der Waals surface area (Å²) in [7, 11) is 0. The molecule has 2 aromatic rings. The number of pyridine rings is 1. The number of amides is 1. The Bertz CT molecular complexity index is 640. The number of carbonyl (C=O) groups is 1. The number of nitrogens with zero attached hydrogens (tertiary/aromatic N) is 4. The van der Waals surface area contributed by atoms with Gasteiger partial charge in [-0.1, -0.05) is 11.6 Å². The second-order valence-corrected chi connectivity index (χ2v) is 4.40. The van der Waals surface area contributed by atoms with Crippen molar-refractivity contribution in [1.29, 1.82) is 0 Å². The zero-order valence-corrected chi connectivity index (χ0v) is 11.1. The van der Waals surface area contributed by atoms with Crippen molar-refractivity contribution in [3.8, 4) is 0 Å². The first-order chi connectivity index (χ1) is 9.47. The monoisotopic (exact) mass is 295 g/mol. The van der Waals surface area contributed by atoms with Crippen molar-refractivity contribution in [1.82, 2.24) is 14.8 Å². The van der Waals surface area contributed by atoms with E-state index in [9.17, 15) is 14.9 Å². The summed E-state index contributed by atoms with van der Waals surface area (Å²) < 4.78 is 1.21. The summed E-state index contributed by atoms with van der Waals surface area (Å²) in [6, 6.07) is 2.44. The predicted molar refractivity (Wildman–Crippen MR) is 71.5 cm³/mol. The van der Waals surface area contributed by atoms with E-state index in [0.29, 0.717) is 10.8 Å². The molecule has 0 aliphatic rings. The van der Waals surface area contributed by atoms with Gasteiger partial charge in [0.15, 0.2) is 0 Å². The molecule has 8 nitrogen and oxygen atoms in total. The molecule has 0 saturated heterocycles. The van der Waals surface area contributed by atoms with Gasteiger partial charge in [0.2, 0.25) is 5.91 Å². The lowest BCUT2D eigenvalue weighted by atomic mass is 10.3. The maximum absolute atomic E-state index is 12.0. The van der Waals surface area contributed by atoms with Crippen molar-refractivity contribution >= 4 is 29.0 Å². The third kappa shape index (κ3) is 3.09. The van der Waals surface area contributed by atoms with Crippen LogP contribution < -0.4 is 5.32 Å². The van der Waals surface area contributed by atoms with E-state index in [1.165, 1.54) is 17.1 Å². The van der Waals surface area contributed by atoms with Crippen molar-refractivity contribution in [2.75, 3.05) is 5.32 Å². The molecule has 104 valence electrons. The summed E-state index contributed by atoms with van der Waals surface area (Å²) in [5, 5.41) is 17.4. The highest BCUT2D eigenvalue weighted by Gasteiger charge is 2.19. The number of hydrogen-bond donors (Lipinski definition) is 1. The molecule has 0 bridgehead atoms. The molecule has 0 radical (unpaired) electrons. The third-order valence-corrected chi connectivity index (χ3v) is 2.78. The maximum Gasteiger partial charge on any atom is 0.307 e. The molecular formula is C11H10ClN5O3. The predicted octanol–water partition coefficient (Wildman–Crippen LogP) is 2.04. The fraction of sp³-hybridized carbons (Fsp3) is 0.182. The van der Waals surface area contributed by atoms with E-state index in [-0.39, 0.29) is 5.69 Å². The van der Waals surface area contributed by atoms with Crippen LogP contribution in [0.5, 0.6) is 0 Å². The van der Waals surface area contributed by atoms with Gasteiger partial charge in [0.05, 0.1) is 9.95 Å². The molecule has 0 aromatic carbocycles. The Labute approximate surface area is 118 Å². The highest BCUT2D eigenvalue weighted by molar-refractivity contribution is 6.30. The molecule has 0 saturated carbocycles. The van der Waals surface area contributed by atoms with Gasteiger partial charge < -0.3 is 5.32 Å². The fourth-order valence-corrected chi connectivity index (χ4v) is 1.55. The molecule has 2 heterocycles. The van der Waals surface area contributed by atoms with Gasteiger partial charge in [0.1, 0.15) is 24.3 Å². The number of anilines is 1. The first kappa shape index (κ1) is 13.9. The Morgan fingerprint density at radius 3 is 2.80 bits per heavy atom. The van der Waals surface area contributed by atoms with Crippen LogP contribution in [-0.4, -0.2) is 25.6 Å². The second-order valence-electron chi connectivity index (χ2n) is 3.96. The van der Waals surface area contributed by atoms with E-state index >= 15 is 0 Å². The quantitative estimate of drug-likeness (QED) is 0.686. The van der Waals surface area contributed by atoms with E-state index in [1.54, 1.807) is 19.1 Å². The normalized spacial score (nSPS) is 11.9. The number of nitrogens with one attached hydrogen (secondary N) is 1. The topological polar surface area (TPSA) is 103 Å². The molecular weight excluding hydrogens is 286 g/mol. The Balaban J connectivity index is 2.07. The van der Waals surface area contributed by atoms with Gasteiger partial charge in [0, 0.05) is 6.20 Å². The summed E-state index contributed by atoms with van der Waals surface area (Å²) in [6.45, 7) is 1.57. The van der Waals surface area contributed by atoms with Crippen molar-refractivity contribution in [3.05, 3.63) is 45.9 Å². The average Bonchev–Trinajstić information content (AvgIpc) is 2.90. The minimum Gasteiger partial charge on any atom is -0.309 e. The number of halogens is 1. The Morgan fingerprint density at radius 1 is 1.50 bits per heavy atom. The summed E-state index contributed by atoms with van der Waals surface area (Å²) in [6.07, 6.45) is 3.68. The number of rotatable bonds is 4. The molecule has 0 aliphatic heterocycles. The molecule has 1 N–H and O–H groups in total. The first-order valence-electron chi connectivity index (χ1n) is 5.58. The lowest BCUT2D eigenvalue weighted by molar-refractivity contribution is -0.385. The Morgan fingerprint density at radius 2 is 2.25 bits per heavy atom. The zero-order valence-electron chi connectivity index (χ0n) is 10.4. The van der Waals surface area contributed by atoms with Gasteiger partial charge in [-0.15, -0.1) is 0 Å². The number of nitro groups is 1. The first-order valence-corrected chi connectivity index (χ1v) is 5.96. The van der Waals surface area contributed by atoms with E-state index in [4.69, 9.17) is 11.6 Å². The molecule has 20 heavy (non-hydrogen) atoms. The Hall–Kier alpha value is -2.48. The molecule has 1 amide bonds. The van der Waals surface area contributed by atoms with Crippen LogP contribution in [0.1, 0.15) is 13.0 Å². The van der Waals surface area contributed by atoms with Gasteiger partial charge >= 0.3 is 5.69 Å². The summed E-state index contributed by atoms with van der Waals surface area (Å²) >= 11 is 5.69. The van der Waals surface area contributed by atoms with Crippen molar-refractivity contribution in [2.45, 2.75) is 13.0 Å². The summed E-state index contributed by atoms with van der Waals surface area (Å²) in [5.74, 6) is -0.0503. The van der Waals surface area contributed by atoms with Gasteiger partial charge in [0.25, 0.3) is 0 Å². The van der Waals surface area contributed by atoms with Crippen LogP contribution in [0.3, 0.4) is 0 Å². The Kier molecular flexibility index (Phi) is 3.94. The van der Waals surface area contributed by atoms with Gasteiger partial charge in [-0.25, -0.2) is 4.98 Å². The summed E-state index contributed by atoms with van der Waals surface area (Å²) in [4.78, 5) is 25.9. The standard InChI is InChI=1S/C11H10ClN5O3/c1-7(16-6-9(5-14-16)17(19)20)11(18)15-10-3-2-8(12)4-13-10/h2-7H,1H3,(H,13,15,18)/t7-/m0/s1. The average molecular weight is 296 g/mol. The van der Waals surface area contributed by atoms with Gasteiger partial charge in [-0.2, -0.15) is 5.10 Å². The lowest BCUT2D eigenvalue weighted by Crippen LogP contribution is -2.24. The van der Waals surface area contributed by atoms with E-state index in [2.05, 4.69) is 15.4 Å². The van der Waals surface area contributed by atoms with Crippen LogP contribution in [0.2, 0.25) is 5.02 Å². The summed E-state index contributed by atoms with van der Waals surface area (Å²) in [5.41, 5.74) is -0.172. The second kappa shape index (κ2) is 5.66. The van der Waals surface area contributed by atoms with Crippen molar-refractivity contribution in [2.24, 2.45) is 0 Å².